The van der Waals surface area contributed by atoms with Gasteiger partial charge in [0.05, 0.1) is 12.3 Å². The fraction of sp³-hybridized carbons (Fsp3) is 0.278. The Balaban J connectivity index is 1.90. The zero-order chi connectivity index (χ0) is 14.1. The molecule has 1 N–H and O–H groups in total. The van der Waals surface area contributed by atoms with Gasteiger partial charge in [-0.05, 0) is 11.1 Å². The van der Waals surface area contributed by atoms with Crippen LogP contribution in [0.1, 0.15) is 11.1 Å². The van der Waals surface area contributed by atoms with Crippen molar-refractivity contribution >= 4 is 5.71 Å². The molecule has 0 spiro atoms. The minimum Gasteiger partial charge on any atom is -0.289 e. The summed E-state index contributed by atoms with van der Waals surface area (Å²) in [7, 11) is 0. The number of hydrogen-bond acceptors (Lipinski definition) is 3. The van der Waals surface area contributed by atoms with E-state index in [9.17, 15) is 0 Å². The average molecular weight is 277 g/mol. The van der Waals surface area contributed by atoms with Crippen molar-refractivity contribution in [2.24, 2.45) is 4.99 Å². The number of rotatable bonds is 2. The first-order chi connectivity index (χ1) is 10.4. The Labute approximate surface area is 125 Å². The van der Waals surface area contributed by atoms with Crippen molar-refractivity contribution in [3.05, 3.63) is 71.8 Å². The number of nitrogens with one attached hydrogen (secondary N) is 1. The number of fused-ring (bicyclic) bond motifs is 1. The lowest BCUT2D eigenvalue weighted by Crippen LogP contribution is -2.58. The minimum atomic E-state index is -0.263. The van der Waals surface area contributed by atoms with E-state index in [1.54, 1.807) is 0 Å². The maximum Gasteiger partial charge on any atom is 0.141 e. The van der Waals surface area contributed by atoms with Crippen LogP contribution in [0, 0.1) is 0 Å². The van der Waals surface area contributed by atoms with Gasteiger partial charge in [0, 0.05) is 19.6 Å². The van der Waals surface area contributed by atoms with Gasteiger partial charge in [0.2, 0.25) is 0 Å². The summed E-state index contributed by atoms with van der Waals surface area (Å²) in [6, 6.07) is 21.3. The van der Waals surface area contributed by atoms with Gasteiger partial charge in [0.1, 0.15) is 5.66 Å². The summed E-state index contributed by atoms with van der Waals surface area (Å²) < 4.78 is 0. The normalized spacial score (nSPS) is 25.4. The van der Waals surface area contributed by atoms with Gasteiger partial charge in [-0.25, -0.2) is 0 Å². The van der Waals surface area contributed by atoms with Gasteiger partial charge in [0.15, 0.2) is 0 Å². The highest BCUT2D eigenvalue weighted by Gasteiger charge is 2.48. The number of nitrogens with zero attached hydrogens (tertiary/aromatic N) is 2. The summed E-state index contributed by atoms with van der Waals surface area (Å²) in [5.41, 5.74) is 3.38. The quantitative estimate of drug-likeness (QED) is 0.911. The van der Waals surface area contributed by atoms with E-state index in [2.05, 4.69) is 70.9 Å². The highest BCUT2D eigenvalue weighted by Crippen LogP contribution is 2.35. The molecule has 1 unspecified atom stereocenters. The maximum atomic E-state index is 4.90. The van der Waals surface area contributed by atoms with Crippen LogP contribution in [0.3, 0.4) is 0 Å². The van der Waals surface area contributed by atoms with Gasteiger partial charge in [-0.3, -0.25) is 15.2 Å². The van der Waals surface area contributed by atoms with Crippen molar-refractivity contribution in [2.75, 3.05) is 26.2 Å². The van der Waals surface area contributed by atoms with E-state index in [0.717, 1.165) is 31.9 Å². The summed E-state index contributed by atoms with van der Waals surface area (Å²) in [6.07, 6.45) is 0. The molecule has 2 heterocycles. The van der Waals surface area contributed by atoms with Crippen molar-refractivity contribution in [1.29, 1.82) is 0 Å². The molecule has 21 heavy (non-hydrogen) atoms. The van der Waals surface area contributed by atoms with Crippen LogP contribution < -0.4 is 5.32 Å². The van der Waals surface area contributed by atoms with Gasteiger partial charge < -0.3 is 0 Å². The topological polar surface area (TPSA) is 27.6 Å². The Kier molecular flexibility index (Phi) is 3.09. The van der Waals surface area contributed by atoms with Crippen molar-refractivity contribution in [3.63, 3.8) is 0 Å². The molecular formula is C18H19N3. The second kappa shape index (κ2) is 5.10. The van der Waals surface area contributed by atoms with Gasteiger partial charge in [-0.1, -0.05) is 60.7 Å². The van der Waals surface area contributed by atoms with E-state index in [-0.39, 0.29) is 5.66 Å². The molecule has 3 nitrogen and oxygen atoms in total. The molecule has 2 aliphatic rings. The van der Waals surface area contributed by atoms with Crippen LogP contribution in [-0.4, -0.2) is 36.8 Å². The lowest BCUT2D eigenvalue weighted by Gasteiger charge is -2.42. The zero-order valence-corrected chi connectivity index (χ0v) is 12.0. The van der Waals surface area contributed by atoms with Crippen molar-refractivity contribution in [3.8, 4) is 0 Å². The molecule has 2 aromatic rings. The molecule has 4 rings (SSSR count). The van der Waals surface area contributed by atoms with Crippen LogP contribution in [0.4, 0.5) is 0 Å². The zero-order valence-electron chi connectivity index (χ0n) is 12.0. The summed E-state index contributed by atoms with van der Waals surface area (Å²) in [5, 5.41) is 3.73. The molecule has 0 radical (unpaired) electrons. The second-order valence-electron chi connectivity index (χ2n) is 5.59. The molecule has 1 fully saturated rings. The molecule has 0 bridgehead atoms. The SMILES string of the molecule is c1ccc(C2=NCCN3CCNC23c2ccccc2)cc1. The lowest BCUT2D eigenvalue weighted by atomic mass is 9.87. The van der Waals surface area contributed by atoms with E-state index >= 15 is 0 Å². The molecule has 1 saturated heterocycles. The average Bonchev–Trinajstić information content (AvgIpc) is 3.01. The monoisotopic (exact) mass is 277 g/mol. The van der Waals surface area contributed by atoms with E-state index in [0.29, 0.717) is 0 Å². The third-order valence-electron chi connectivity index (χ3n) is 4.46. The van der Waals surface area contributed by atoms with Crippen LogP contribution in [0.15, 0.2) is 65.7 Å². The van der Waals surface area contributed by atoms with Gasteiger partial charge in [0.25, 0.3) is 0 Å². The van der Waals surface area contributed by atoms with Crippen molar-refractivity contribution in [2.45, 2.75) is 5.66 Å². The van der Waals surface area contributed by atoms with Crippen LogP contribution in [0.25, 0.3) is 0 Å². The Hall–Kier alpha value is -1.97. The van der Waals surface area contributed by atoms with Crippen molar-refractivity contribution < 1.29 is 0 Å². The Bertz CT molecular complexity index is 651. The summed E-state index contributed by atoms with van der Waals surface area (Å²) in [5.74, 6) is 0. The first-order valence-electron chi connectivity index (χ1n) is 7.57. The maximum absolute atomic E-state index is 4.90. The number of benzene rings is 2. The first kappa shape index (κ1) is 12.7. The standard InChI is InChI=1S/C18H19N3/c1-3-7-15(8-4-1)17-18(16-9-5-2-6-10-16)20-12-14-21(18)13-11-19-17/h1-10,20H,11-14H2. The molecule has 0 amide bonds. The highest BCUT2D eigenvalue weighted by atomic mass is 15.4. The molecule has 1 atom stereocenters. The summed E-state index contributed by atoms with van der Waals surface area (Å²) >= 11 is 0. The largest absolute Gasteiger partial charge is 0.289 e. The Morgan fingerprint density at radius 1 is 0.905 bits per heavy atom. The molecule has 2 aromatic carbocycles. The molecule has 2 aliphatic heterocycles. The minimum absolute atomic E-state index is 0.263. The second-order valence-corrected chi connectivity index (χ2v) is 5.59. The molecule has 3 heteroatoms. The van der Waals surface area contributed by atoms with Gasteiger partial charge in [-0.15, -0.1) is 0 Å². The lowest BCUT2D eigenvalue weighted by molar-refractivity contribution is 0.183. The third-order valence-corrected chi connectivity index (χ3v) is 4.46. The van der Waals surface area contributed by atoms with Crippen LogP contribution in [0.5, 0.6) is 0 Å². The van der Waals surface area contributed by atoms with E-state index in [1.807, 2.05) is 0 Å². The fourth-order valence-corrected chi connectivity index (χ4v) is 3.56. The third kappa shape index (κ3) is 1.93. The molecule has 106 valence electrons. The summed E-state index contributed by atoms with van der Waals surface area (Å²) in [4.78, 5) is 7.43. The molecule has 0 aromatic heterocycles. The van der Waals surface area contributed by atoms with Crippen molar-refractivity contribution in [1.82, 2.24) is 10.2 Å². The van der Waals surface area contributed by atoms with Gasteiger partial charge in [-0.2, -0.15) is 0 Å². The molecular weight excluding hydrogens is 258 g/mol. The van der Waals surface area contributed by atoms with Crippen LogP contribution in [0.2, 0.25) is 0 Å². The predicted molar refractivity (Wildman–Crippen MR) is 85.5 cm³/mol. The fourth-order valence-electron chi connectivity index (χ4n) is 3.56. The predicted octanol–water partition coefficient (Wildman–Crippen LogP) is 2.25. The summed E-state index contributed by atoms with van der Waals surface area (Å²) in [6.45, 7) is 3.96. The number of hydrogen-bond donors (Lipinski definition) is 1. The van der Waals surface area contributed by atoms with E-state index in [4.69, 9.17) is 4.99 Å². The van der Waals surface area contributed by atoms with Crippen LogP contribution in [-0.2, 0) is 5.66 Å². The smallest absolute Gasteiger partial charge is 0.141 e. The Morgan fingerprint density at radius 3 is 2.38 bits per heavy atom. The highest BCUT2D eigenvalue weighted by molar-refractivity contribution is 6.08. The molecule has 0 saturated carbocycles. The Morgan fingerprint density at radius 2 is 1.62 bits per heavy atom. The van der Waals surface area contributed by atoms with Gasteiger partial charge >= 0.3 is 0 Å². The number of aliphatic imine (C=N–C) groups is 1. The molecule has 0 aliphatic carbocycles. The van der Waals surface area contributed by atoms with Crippen LogP contribution >= 0.6 is 0 Å². The van der Waals surface area contributed by atoms with E-state index in [1.165, 1.54) is 11.1 Å². The van der Waals surface area contributed by atoms with E-state index < -0.39 is 0 Å². The first-order valence-corrected chi connectivity index (χ1v) is 7.57.